The molecule has 2 N–H and O–H groups in total. The van der Waals surface area contributed by atoms with Crippen LogP contribution < -0.4 is 5.32 Å². The second kappa shape index (κ2) is 11.5. The number of aromatic hydroxyl groups is 1. The minimum Gasteiger partial charge on any atom is -0.505 e. The number of hydrogen-bond donors (Lipinski definition) is 2. The van der Waals surface area contributed by atoms with Gasteiger partial charge in [-0.25, -0.2) is 4.98 Å². The topological polar surface area (TPSA) is 86.0 Å². The minimum absolute atomic E-state index is 0.0120. The Balaban J connectivity index is 1.94. The van der Waals surface area contributed by atoms with E-state index in [2.05, 4.69) is 16.9 Å². The van der Waals surface area contributed by atoms with Crippen molar-refractivity contribution in [3.63, 3.8) is 0 Å². The molecular weight excluding hydrogens is 489 g/mol. The van der Waals surface area contributed by atoms with E-state index >= 15 is 0 Å². The van der Waals surface area contributed by atoms with Gasteiger partial charge in [0.1, 0.15) is 11.6 Å². The van der Waals surface area contributed by atoms with Gasteiger partial charge >= 0.3 is 0 Å². The Morgan fingerprint density at radius 2 is 1.88 bits per heavy atom. The normalized spacial score (nSPS) is 11.6. The summed E-state index contributed by atoms with van der Waals surface area (Å²) in [6, 6.07) is 14.3. The number of phenols is 1. The van der Waals surface area contributed by atoms with Crippen LogP contribution in [0.2, 0.25) is 10.0 Å². The average Bonchev–Trinajstić information content (AvgIpc) is 3.25. The van der Waals surface area contributed by atoms with Crippen LogP contribution in [0.1, 0.15) is 18.2 Å². The largest absolute Gasteiger partial charge is 0.505 e. The lowest BCUT2D eigenvalue weighted by atomic mass is 10.1. The molecule has 0 radical (unpaired) electrons. The number of thiazole rings is 1. The first-order chi connectivity index (χ1) is 16.3. The molecule has 0 fully saturated rings. The predicted octanol–water partition coefficient (Wildman–Crippen LogP) is 7.51. The highest BCUT2D eigenvalue weighted by atomic mass is 35.5. The molecule has 1 aromatic heterocycles. The Bertz CT molecular complexity index is 1340. The number of allylic oxidation sites excluding steroid dienone is 5. The van der Waals surface area contributed by atoms with Gasteiger partial charge in [-0.05, 0) is 41.8 Å². The van der Waals surface area contributed by atoms with E-state index in [9.17, 15) is 15.2 Å². The highest BCUT2D eigenvalue weighted by molar-refractivity contribution is 7.19. The molecule has 0 aliphatic heterocycles. The van der Waals surface area contributed by atoms with Gasteiger partial charge in [-0.2, -0.15) is 5.26 Å². The molecule has 0 saturated carbocycles. The molecule has 2 aromatic carbocycles. The number of benzene rings is 2. The molecule has 3 aromatic rings. The lowest BCUT2D eigenvalue weighted by molar-refractivity contribution is -0.112. The minimum atomic E-state index is -0.641. The smallest absolute Gasteiger partial charge is 0.268 e. The van der Waals surface area contributed by atoms with Crippen molar-refractivity contribution in [3.05, 3.63) is 100 Å². The number of anilines is 1. The fourth-order valence-corrected chi connectivity index (χ4v) is 4.39. The number of aromatic nitrogens is 1. The van der Waals surface area contributed by atoms with Crippen molar-refractivity contribution in [2.24, 2.45) is 0 Å². The number of nitrogens with zero attached hydrogens (tertiary/aromatic N) is 2. The van der Waals surface area contributed by atoms with Gasteiger partial charge in [0.25, 0.3) is 5.91 Å². The molecular formula is C26H19Cl2N3O2S. The van der Waals surface area contributed by atoms with Crippen LogP contribution in [0.15, 0.2) is 78.9 Å². The standard InChI is InChI=1S/C26H19Cl2N3O2S/c1-3-4-6-9-16(2)22-24(18-10-7-5-8-11-18)34-26(30-22)31-25(33)19(15-29)12-17-13-20(27)23(32)21(28)14-17/h3-14,32H,2H2,1H3,(H,30,31,33)/b4-3-,9-6-,19-12+. The van der Waals surface area contributed by atoms with Crippen molar-refractivity contribution in [2.45, 2.75) is 6.92 Å². The Morgan fingerprint density at radius 1 is 1.21 bits per heavy atom. The van der Waals surface area contributed by atoms with E-state index in [1.54, 1.807) is 0 Å². The lowest BCUT2D eigenvalue weighted by Gasteiger charge is -2.03. The van der Waals surface area contributed by atoms with E-state index in [0.29, 0.717) is 22.0 Å². The van der Waals surface area contributed by atoms with Crippen LogP contribution in [0.25, 0.3) is 22.1 Å². The summed E-state index contributed by atoms with van der Waals surface area (Å²) in [5.41, 5.74) is 2.46. The summed E-state index contributed by atoms with van der Waals surface area (Å²) >= 11 is 13.2. The number of carbonyl (C=O) groups excluding carboxylic acids is 1. The molecule has 0 saturated heterocycles. The van der Waals surface area contributed by atoms with E-state index < -0.39 is 5.91 Å². The van der Waals surface area contributed by atoms with Gasteiger partial charge in [-0.1, -0.05) is 95.8 Å². The number of phenolic OH excluding ortho intramolecular Hbond substituents is 1. The monoisotopic (exact) mass is 507 g/mol. The molecule has 3 rings (SSSR count). The number of rotatable bonds is 7. The number of hydrogen-bond acceptors (Lipinski definition) is 5. The van der Waals surface area contributed by atoms with Crippen LogP contribution in [0.4, 0.5) is 5.13 Å². The quantitative estimate of drug-likeness (QED) is 0.196. The lowest BCUT2D eigenvalue weighted by Crippen LogP contribution is -2.13. The molecule has 0 aliphatic carbocycles. The van der Waals surface area contributed by atoms with E-state index in [0.717, 1.165) is 10.4 Å². The predicted molar refractivity (Wildman–Crippen MR) is 141 cm³/mol. The summed E-state index contributed by atoms with van der Waals surface area (Å²) in [5.74, 6) is -0.909. The fourth-order valence-electron chi connectivity index (χ4n) is 2.89. The molecule has 170 valence electrons. The maximum Gasteiger partial charge on any atom is 0.268 e. The zero-order chi connectivity index (χ0) is 24.7. The Hall–Kier alpha value is -3.63. The van der Waals surface area contributed by atoms with Crippen molar-refractivity contribution in [2.75, 3.05) is 5.32 Å². The number of amides is 1. The van der Waals surface area contributed by atoms with Crippen molar-refractivity contribution in [1.29, 1.82) is 5.26 Å². The molecule has 1 heterocycles. The van der Waals surface area contributed by atoms with Crippen molar-refractivity contribution in [1.82, 2.24) is 4.98 Å². The van der Waals surface area contributed by atoms with Crippen LogP contribution in [-0.2, 0) is 4.79 Å². The van der Waals surface area contributed by atoms with Gasteiger partial charge in [0.05, 0.1) is 20.6 Å². The van der Waals surface area contributed by atoms with Crippen LogP contribution in [0.3, 0.4) is 0 Å². The second-order valence-electron chi connectivity index (χ2n) is 6.93. The summed E-state index contributed by atoms with van der Waals surface area (Å²) in [6.45, 7) is 6.02. The highest BCUT2D eigenvalue weighted by Gasteiger charge is 2.18. The van der Waals surface area contributed by atoms with E-state index in [-0.39, 0.29) is 21.4 Å². The molecule has 34 heavy (non-hydrogen) atoms. The van der Waals surface area contributed by atoms with Crippen LogP contribution in [-0.4, -0.2) is 16.0 Å². The summed E-state index contributed by atoms with van der Waals surface area (Å²) in [6.07, 6.45) is 8.82. The van der Waals surface area contributed by atoms with Crippen LogP contribution >= 0.6 is 34.5 Å². The van der Waals surface area contributed by atoms with Gasteiger partial charge in [-0.15, -0.1) is 0 Å². The molecule has 1 amide bonds. The Morgan fingerprint density at radius 3 is 2.50 bits per heavy atom. The maximum absolute atomic E-state index is 12.8. The molecule has 0 unspecified atom stereocenters. The third kappa shape index (κ3) is 6.03. The molecule has 0 aliphatic rings. The fraction of sp³-hybridized carbons (Fsp3) is 0.0385. The maximum atomic E-state index is 12.8. The zero-order valence-corrected chi connectivity index (χ0v) is 20.4. The van der Waals surface area contributed by atoms with E-state index in [1.807, 2.05) is 67.6 Å². The first kappa shape index (κ1) is 25.0. The molecule has 0 bridgehead atoms. The zero-order valence-electron chi connectivity index (χ0n) is 18.0. The number of nitriles is 1. The molecule has 0 atom stereocenters. The van der Waals surface area contributed by atoms with Crippen LogP contribution in [0, 0.1) is 11.3 Å². The first-order valence-corrected chi connectivity index (χ1v) is 11.6. The van der Waals surface area contributed by atoms with Gasteiger partial charge in [0.15, 0.2) is 10.9 Å². The highest BCUT2D eigenvalue weighted by Crippen LogP contribution is 2.37. The Kier molecular flexibility index (Phi) is 8.44. The SMILES string of the molecule is C=C(/C=C\C=C/C)c1nc(NC(=O)/C(C#N)=C/c2cc(Cl)c(O)c(Cl)c2)sc1-c1ccccc1. The Labute approximate surface area is 211 Å². The number of carbonyl (C=O) groups is 1. The first-order valence-electron chi connectivity index (χ1n) is 10.00. The number of halogens is 2. The molecule has 8 heteroatoms. The third-order valence-electron chi connectivity index (χ3n) is 4.50. The summed E-state index contributed by atoms with van der Waals surface area (Å²) in [5, 5.41) is 22.3. The number of nitrogens with one attached hydrogen (secondary N) is 1. The van der Waals surface area contributed by atoms with Gasteiger partial charge < -0.3 is 5.11 Å². The van der Waals surface area contributed by atoms with E-state index in [4.69, 9.17) is 23.2 Å². The van der Waals surface area contributed by atoms with E-state index in [1.165, 1.54) is 29.5 Å². The van der Waals surface area contributed by atoms with Gasteiger partial charge in [0, 0.05) is 0 Å². The average molecular weight is 508 g/mol. The summed E-state index contributed by atoms with van der Waals surface area (Å²) < 4.78 is 0. The molecule has 0 spiro atoms. The van der Waals surface area contributed by atoms with Crippen molar-refractivity contribution in [3.8, 4) is 22.3 Å². The second-order valence-corrected chi connectivity index (χ2v) is 8.74. The van der Waals surface area contributed by atoms with Crippen molar-refractivity contribution >= 4 is 57.2 Å². The summed E-state index contributed by atoms with van der Waals surface area (Å²) in [7, 11) is 0. The van der Waals surface area contributed by atoms with Gasteiger partial charge in [0.2, 0.25) is 0 Å². The van der Waals surface area contributed by atoms with Gasteiger partial charge in [-0.3, -0.25) is 10.1 Å². The third-order valence-corrected chi connectivity index (χ3v) is 6.10. The van der Waals surface area contributed by atoms with Crippen molar-refractivity contribution < 1.29 is 9.90 Å². The summed E-state index contributed by atoms with van der Waals surface area (Å²) in [4.78, 5) is 18.2. The molecule has 5 nitrogen and oxygen atoms in total. The van der Waals surface area contributed by atoms with Crippen LogP contribution in [0.5, 0.6) is 5.75 Å².